The Hall–Kier alpha value is -2.79. The summed E-state index contributed by atoms with van der Waals surface area (Å²) < 4.78 is 21.6. The molecule has 4 rings (SSSR count). The quantitative estimate of drug-likeness (QED) is 0.506. The van der Waals surface area contributed by atoms with Crippen molar-refractivity contribution < 1.29 is 13.9 Å². The second-order valence-electron chi connectivity index (χ2n) is 5.39. The van der Waals surface area contributed by atoms with Crippen LogP contribution in [-0.4, -0.2) is 37.1 Å². The first-order valence-electron chi connectivity index (χ1n) is 7.92. The van der Waals surface area contributed by atoms with Gasteiger partial charge in [0, 0.05) is 0 Å². The Morgan fingerprint density at radius 2 is 2.22 bits per heavy atom. The summed E-state index contributed by atoms with van der Waals surface area (Å²) >= 11 is 2.42. The Morgan fingerprint density at radius 1 is 1.37 bits per heavy atom. The lowest BCUT2D eigenvalue weighted by Gasteiger charge is -2.06. The van der Waals surface area contributed by atoms with E-state index in [9.17, 15) is 9.18 Å². The van der Waals surface area contributed by atoms with E-state index in [1.807, 2.05) is 0 Å². The van der Waals surface area contributed by atoms with E-state index in [1.165, 1.54) is 35.5 Å². The number of esters is 1. The highest BCUT2D eigenvalue weighted by molar-refractivity contribution is 8.01. The third kappa shape index (κ3) is 3.30. The molecule has 0 saturated carbocycles. The molecular weight excluding hydrogens is 391 g/mol. The average molecular weight is 404 g/mol. The molecule has 11 heteroatoms. The molecule has 0 saturated heterocycles. The standard InChI is InChI=1S/C16H13FN6O2S2/c1-2-25-10(24)6-23-14-11(13(18)19-7-20-14)22-15(23)27-16-21-9-5-3-4-8(17)12(9)26-16/h3-5,7H,2,6H2,1H3,(H2,18,19,20). The minimum absolute atomic E-state index is 0.0810. The molecule has 0 radical (unpaired) electrons. The third-order valence-electron chi connectivity index (χ3n) is 3.64. The van der Waals surface area contributed by atoms with Crippen molar-refractivity contribution in [2.24, 2.45) is 0 Å². The van der Waals surface area contributed by atoms with E-state index in [-0.39, 0.29) is 24.8 Å². The first-order chi connectivity index (χ1) is 13.1. The molecule has 0 aliphatic carbocycles. The maximum Gasteiger partial charge on any atom is 0.326 e. The second-order valence-corrected chi connectivity index (χ2v) is 7.60. The van der Waals surface area contributed by atoms with E-state index in [0.29, 0.717) is 30.9 Å². The van der Waals surface area contributed by atoms with Gasteiger partial charge in [-0.15, -0.1) is 11.3 Å². The largest absolute Gasteiger partial charge is 0.465 e. The van der Waals surface area contributed by atoms with Gasteiger partial charge in [0.2, 0.25) is 0 Å². The Morgan fingerprint density at radius 3 is 3.00 bits per heavy atom. The molecule has 3 aromatic heterocycles. The van der Waals surface area contributed by atoms with Crippen molar-refractivity contribution in [1.29, 1.82) is 0 Å². The van der Waals surface area contributed by atoms with Crippen molar-refractivity contribution in [3.05, 3.63) is 30.3 Å². The highest BCUT2D eigenvalue weighted by atomic mass is 32.2. The second kappa shape index (κ2) is 7.08. The average Bonchev–Trinajstić information content (AvgIpc) is 3.19. The third-order valence-corrected chi connectivity index (χ3v) is 5.78. The van der Waals surface area contributed by atoms with E-state index >= 15 is 0 Å². The van der Waals surface area contributed by atoms with Gasteiger partial charge in [0.05, 0.1) is 16.8 Å². The first kappa shape index (κ1) is 17.6. The maximum atomic E-state index is 13.9. The van der Waals surface area contributed by atoms with Crippen LogP contribution in [0.4, 0.5) is 10.2 Å². The molecule has 27 heavy (non-hydrogen) atoms. The molecule has 3 heterocycles. The molecular formula is C16H13FN6O2S2. The smallest absolute Gasteiger partial charge is 0.326 e. The number of ether oxygens (including phenoxy) is 1. The highest BCUT2D eigenvalue weighted by Gasteiger charge is 2.20. The zero-order chi connectivity index (χ0) is 19.0. The topological polar surface area (TPSA) is 109 Å². The number of fused-ring (bicyclic) bond motifs is 2. The number of carbonyl (C=O) groups excluding carboxylic acids is 1. The number of hydrogen-bond donors (Lipinski definition) is 1. The van der Waals surface area contributed by atoms with Crippen molar-refractivity contribution in [1.82, 2.24) is 24.5 Å². The normalized spacial score (nSPS) is 11.3. The van der Waals surface area contributed by atoms with Gasteiger partial charge in [-0.2, -0.15) is 0 Å². The summed E-state index contributed by atoms with van der Waals surface area (Å²) in [7, 11) is 0. The number of benzene rings is 1. The van der Waals surface area contributed by atoms with E-state index in [2.05, 4.69) is 19.9 Å². The summed E-state index contributed by atoms with van der Waals surface area (Å²) in [6.45, 7) is 1.92. The number of rotatable bonds is 5. The number of aromatic nitrogens is 5. The zero-order valence-electron chi connectivity index (χ0n) is 14.0. The fourth-order valence-corrected chi connectivity index (χ4v) is 4.55. The monoisotopic (exact) mass is 404 g/mol. The van der Waals surface area contributed by atoms with Crippen LogP contribution in [0.25, 0.3) is 21.4 Å². The number of carbonyl (C=O) groups is 1. The number of imidazole rings is 1. The van der Waals surface area contributed by atoms with Gasteiger partial charge in [0.1, 0.15) is 18.7 Å². The fraction of sp³-hybridized carbons (Fsp3) is 0.188. The van der Waals surface area contributed by atoms with Crippen LogP contribution in [0, 0.1) is 5.82 Å². The van der Waals surface area contributed by atoms with Crippen molar-refractivity contribution in [3.63, 3.8) is 0 Å². The first-order valence-corrected chi connectivity index (χ1v) is 9.55. The summed E-state index contributed by atoms with van der Waals surface area (Å²) in [5.74, 6) is -0.544. The van der Waals surface area contributed by atoms with Gasteiger partial charge in [-0.3, -0.25) is 9.36 Å². The van der Waals surface area contributed by atoms with Gasteiger partial charge in [-0.05, 0) is 30.8 Å². The van der Waals surface area contributed by atoms with Crippen LogP contribution in [0.5, 0.6) is 0 Å². The SMILES string of the molecule is CCOC(=O)Cn1c(Sc2nc3cccc(F)c3s2)nc2c(N)ncnc21. The molecule has 8 nitrogen and oxygen atoms in total. The number of nitrogen functional groups attached to an aromatic ring is 1. The van der Waals surface area contributed by atoms with Crippen LogP contribution in [0.15, 0.2) is 34.0 Å². The van der Waals surface area contributed by atoms with Gasteiger partial charge < -0.3 is 10.5 Å². The van der Waals surface area contributed by atoms with Crippen LogP contribution in [0.3, 0.4) is 0 Å². The molecule has 2 N–H and O–H groups in total. The molecule has 0 aliphatic rings. The van der Waals surface area contributed by atoms with E-state index < -0.39 is 5.97 Å². The minimum atomic E-state index is -0.425. The van der Waals surface area contributed by atoms with Crippen molar-refractivity contribution in [3.8, 4) is 0 Å². The van der Waals surface area contributed by atoms with Crippen molar-refractivity contribution in [2.45, 2.75) is 23.0 Å². The summed E-state index contributed by atoms with van der Waals surface area (Å²) in [6, 6.07) is 4.74. The lowest BCUT2D eigenvalue weighted by molar-refractivity contribution is -0.143. The summed E-state index contributed by atoms with van der Waals surface area (Å²) in [5.41, 5.74) is 7.26. The van der Waals surface area contributed by atoms with Crippen molar-refractivity contribution >= 4 is 56.3 Å². The molecule has 4 aromatic rings. The van der Waals surface area contributed by atoms with Gasteiger partial charge in [0.25, 0.3) is 0 Å². The molecule has 0 unspecified atom stereocenters. The Kier molecular flexibility index (Phi) is 4.62. The van der Waals surface area contributed by atoms with Gasteiger partial charge in [-0.1, -0.05) is 6.07 Å². The highest BCUT2D eigenvalue weighted by Crippen LogP contribution is 2.36. The summed E-state index contributed by atoms with van der Waals surface area (Å²) in [6.07, 6.45) is 1.31. The Labute approximate surface area is 160 Å². The fourth-order valence-electron chi connectivity index (χ4n) is 2.51. The number of nitrogens with two attached hydrogens (primary N) is 1. The zero-order valence-corrected chi connectivity index (χ0v) is 15.7. The molecule has 0 bridgehead atoms. The molecule has 0 fully saturated rings. The number of nitrogens with zero attached hydrogens (tertiary/aromatic N) is 5. The van der Waals surface area contributed by atoms with Gasteiger partial charge >= 0.3 is 5.97 Å². The van der Waals surface area contributed by atoms with Crippen LogP contribution in [0.2, 0.25) is 0 Å². The molecule has 0 amide bonds. The van der Waals surface area contributed by atoms with E-state index in [1.54, 1.807) is 23.6 Å². The lowest BCUT2D eigenvalue weighted by atomic mass is 10.3. The maximum absolute atomic E-state index is 13.9. The summed E-state index contributed by atoms with van der Waals surface area (Å²) in [5, 5.41) is 0.449. The van der Waals surface area contributed by atoms with E-state index in [4.69, 9.17) is 10.5 Å². The van der Waals surface area contributed by atoms with E-state index in [0.717, 1.165) is 0 Å². The van der Waals surface area contributed by atoms with Crippen LogP contribution in [-0.2, 0) is 16.1 Å². The minimum Gasteiger partial charge on any atom is -0.465 e. The Balaban J connectivity index is 1.78. The number of hydrogen-bond acceptors (Lipinski definition) is 9. The molecule has 0 spiro atoms. The Bertz CT molecular complexity index is 1160. The predicted octanol–water partition coefficient (Wildman–Crippen LogP) is 2.87. The number of halogens is 1. The predicted molar refractivity (Wildman–Crippen MR) is 100 cm³/mol. The van der Waals surface area contributed by atoms with Crippen LogP contribution < -0.4 is 5.73 Å². The molecule has 0 atom stereocenters. The van der Waals surface area contributed by atoms with Crippen molar-refractivity contribution in [2.75, 3.05) is 12.3 Å². The van der Waals surface area contributed by atoms with Crippen LogP contribution >= 0.6 is 23.1 Å². The van der Waals surface area contributed by atoms with Gasteiger partial charge in [-0.25, -0.2) is 24.3 Å². The number of thiazole rings is 1. The molecule has 138 valence electrons. The summed E-state index contributed by atoms with van der Waals surface area (Å²) in [4.78, 5) is 29.0. The van der Waals surface area contributed by atoms with Crippen LogP contribution in [0.1, 0.15) is 6.92 Å². The molecule has 0 aliphatic heterocycles. The number of anilines is 1. The lowest BCUT2D eigenvalue weighted by Crippen LogP contribution is -2.14. The van der Waals surface area contributed by atoms with Gasteiger partial charge in [0.15, 0.2) is 26.5 Å². The molecule has 1 aromatic carbocycles.